The van der Waals surface area contributed by atoms with E-state index in [1.54, 1.807) is 4.90 Å². The first-order chi connectivity index (χ1) is 11.3. The maximum atomic E-state index is 12.3. The Hall–Kier alpha value is -2.33. The van der Waals surface area contributed by atoms with Crippen LogP contribution in [0.2, 0.25) is 0 Å². The smallest absolute Gasteiger partial charge is 0.260 e. The van der Waals surface area contributed by atoms with Crippen molar-refractivity contribution in [1.29, 1.82) is 0 Å². The molecule has 2 aromatic carbocycles. The van der Waals surface area contributed by atoms with Crippen LogP contribution in [0, 0.1) is 0 Å². The molecule has 1 aliphatic heterocycles. The highest BCUT2D eigenvalue weighted by Gasteiger charge is 2.28. The fourth-order valence-electron chi connectivity index (χ4n) is 3.02. The van der Waals surface area contributed by atoms with Gasteiger partial charge in [0.1, 0.15) is 5.75 Å². The van der Waals surface area contributed by atoms with Crippen LogP contribution in [0.4, 0.5) is 0 Å². The van der Waals surface area contributed by atoms with Crippen LogP contribution in [0.1, 0.15) is 12.8 Å². The van der Waals surface area contributed by atoms with E-state index in [9.17, 15) is 9.90 Å². The molecule has 1 fully saturated rings. The molecule has 1 amide bonds. The van der Waals surface area contributed by atoms with Crippen LogP contribution in [0.15, 0.2) is 54.6 Å². The molecule has 120 valence electrons. The lowest BCUT2D eigenvalue weighted by Gasteiger charge is -2.23. The molecule has 0 saturated carbocycles. The van der Waals surface area contributed by atoms with E-state index >= 15 is 0 Å². The van der Waals surface area contributed by atoms with E-state index in [4.69, 9.17) is 4.74 Å². The van der Waals surface area contributed by atoms with E-state index in [1.165, 1.54) is 0 Å². The van der Waals surface area contributed by atoms with Crippen molar-refractivity contribution < 1.29 is 14.6 Å². The molecule has 1 heterocycles. The van der Waals surface area contributed by atoms with Crippen LogP contribution < -0.4 is 4.74 Å². The maximum Gasteiger partial charge on any atom is 0.260 e. The minimum atomic E-state index is -0.0654. The summed E-state index contributed by atoms with van der Waals surface area (Å²) in [6.45, 7) is 0.723. The standard InChI is InChI=1S/C19H21NO3/c21-13-16-9-6-12-20(16)19(22)14-23-18-11-5-4-10-17(18)15-7-2-1-3-8-15/h1-5,7-8,10-11,16,21H,6,9,12-14H2/t16-/m1/s1. The molecule has 2 aromatic rings. The Morgan fingerprint density at radius 2 is 1.87 bits per heavy atom. The van der Waals surface area contributed by atoms with E-state index in [0.717, 1.165) is 24.0 Å². The number of likely N-dealkylation sites (tertiary alicyclic amines) is 1. The predicted molar refractivity (Wildman–Crippen MR) is 89.2 cm³/mol. The van der Waals surface area contributed by atoms with Gasteiger partial charge in [-0.1, -0.05) is 48.5 Å². The average Bonchev–Trinajstić information content (AvgIpc) is 3.09. The molecule has 0 spiro atoms. The third-order valence-corrected chi connectivity index (χ3v) is 4.23. The molecule has 0 aromatic heterocycles. The zero-order valence-electron chi connectivity index (χ0n) is 13.0. The molecule has 23 heavy (non-hydrogen) atoms. The summed E-state index contributed by atoms with van der Waals surface area (Å²) in [7, 11) is 0. The van der Waals surface area contributed by atoms with Gasteiger partial charge < -0.3 is 14.7 Å². The Morgan fingerprint density at radius 1 is 1.13 bits per heavy atom. The van der Waals surface area contributed by atoms with Gasteiger partial charge in [0, 0.05) is 12.1 Å². The normalized spacial score (nSPS) is 17.3. The fraction of sp³-hybridized carbons (Fsp3) is 0.316. The van der Waals surface area contributed by atoms with Crippen molar-refractivity contribution in [2.75, 3.05) is 19.8 Å². The lowest BCUT2D eigenvalue weighted by molar-refractivity contribution is -0.134. The first kappa shape index (κ1) is 15.6. The van der Waals surface area contributed by atoms with Gasteiger partial charge in [0.2, 0.25) is 0 Å². The molecule has 0 bridgehead atoms. The monoisotopic (exact) mass is 311 g/mol. The summed E-state index contributed by atoms with van der Waals surface area (Å²) >= 11 is 0. The quantitative estimate of drug-likeness (QED) is 0.923. The van der Waals surface area contributed by atoms with E-state index in [2.05, 4.69) is 0 Å². The number of benzene rings is 2. The van der Waals surface area contributed by atoms with Crippen molar-refractivity contribution in [3.8, 4) is 16.9 Å². The lowest BCUT2D eigenvalue weighted by atomic mass is 10.1. The molecule has 1 N–H and O–H groups in total. The molecular weight excluding hydrogens is 290 g/mol. The number of nitrogens with zero attached hydrogens (tertiary/aromatic N) is 1. The van der Waals surface area contributed by atoms with E-state index < -0.39 is 0 Å². The number of para-hydroxylation sites is 1. The second-order valence-electron chi connectivity index (χ2n) is 5.72. The largest absolute Gasteiger partial charge is 0.483 e. The second kappa shape index (κ2) is 7.29. The summed E-state index contributed by atoms with van der Waals surface area (Å²) < 4.78 is 5.79. The van der Waals surface area contributed by atoms with Crippen LogP contribution in [-0.2, 0) is 4.79 Å². The summed E-state index contributed by atoms with van der Waals surface area (Å²) in [5.74, 6) is 0.635. The highest BCUT2D eigenvalue weighted by atomic mass is 16.5. The van der Waals surface area contributed by atoms with E-state index in [-0.39, 0.29) is 25.2 Å². The van der Waals surface area contributed by atoms with Crippen molar-refractivity contribution in [3.05, 3.63) is 54.6 Å². The number of amides is 1. The highest BCUT2D eigenvalue weighted by molar-refractivity contribution is 5.79. The molecule has 0 radical (unpaired) electrons. The Balaban J connectivity index is 1.70. The maximum absolute atomic E-state index is 12.3. The van der Waals surface area contributed by atoms with Gasteiger partial charge in [-0.3, -0.25) is 4.79 Å². The Labute approximate surface area is 136 Å². The summed E-state index contributed by atoms with van der Waals surface area (Å²) in [5.41, 5.74) is 2.03. The van der Waals surface area contributed by atoms with E-state index in [0.29, 0.717) is 12.3 Å². The lowest BCUT2D eigenvalue weighted by Crippen LogP contribution is -2.40. The van der Waals surface area contributed by atoms with Crippen LogP contribution in [-0.4, -0.2) is 41.7 Å². The number of hydrogen-bond acceptors (Lipinski definition) is 3. The SMILES string of the molecule is O=C(COc1ccccc1-c1ccccc1)N1CCC[C@@H]1CO. The number of carbonyl (C=O) groups excluding carboxylic acids is 1. The van der Waals surface area contributed by atoms with Gasteiger partial charge in [0.25, 0.3) is 5.91 Å². The van der Waals surface area contributed by atoms with Gasteiger partial charge in [-0.25, -0.2) is 0 Å². The zero-order valence-corrected chi connectivity index (χ0v) is 13.0. The average molecular weight is 311 g/mol. The zero-order chi connectivity index (χ0) is 16.1. The third-order valence-electron chi connectivity index (χ3n) is 4.23. The first-order valence-electron chi connectivity index (χ1n) is 7.97. The topological polar surface area (TPSA) is 49.8 Å². The van der Waals surface area contributed by atoms with Crippen LogP contribution in [0.25, 0.3) is 11.1 Å². The highest BCUT2D eigenvalue weighted by Crippen LogP contribution is 2.29. The summed E-state index contributed by atoms with van der Waals surface area (Å²) in [4.78, 5) is 14.1. The second-order valence-corrected chi connectivity index (χ2v) is 5.72. The van der Waals surface area contributed by atoms with Crippen LogP contribution in [0.5, 0.6) is 5.75 Å². The number of ether oxygens (including phenoxy) is 1. The van der Waals surface area contributed by atoms with Gasteiger partial charge in [-0.2, -0.15) is 0 Å². The third kappa shape index (κ3) is 3.54. The van der Waals surface area contributed by atoms with Gasteiger partial charge >= 0.3 is 0 Å². The molecule has 0 unspecified atom stereocenters. The van der Waals surface area contributed by atoms with E-state index in [1.807, 2.05) is 54.6 Å². The van der Waals surface area contributed by atoms with Crippen molar-refractivity contribution in [2.45, 2.75) is 18.9 Å². The predicted octanol–water partition coefficient (Wildman–Crippen LogP) is 2.72. The molecule has 4 heteroatoms. The molecule has 1 aliphatic rings. The van der Waals surface area contributed by atoms with Crippen molar-refractivity contribution in [2.24, 2.45) is 0 Å². The minimum Gasteiger partial charge on any atom is -0.483 e. The van der Waals surface area contributed by atoms with Gasteiger partial charge in [0.15, 0.2) is 6.61 Å². The summed E-state index contributed by atoms with van der Waals surface area (Å²) in [6.07, 6.45) is 1.81. The first-order valence-corrected chi connectivity index (χ1v) is 7.97. The summed E-state index contributed by atoms with van der Waals surface area (Å²) in [5, 5.41) is 9.33. The number of hydrogen-bond donors (Lipinski definition) is 1. The Bertz CT molecular complexity index is 657. The molecule has 1 saturated heterocycles. The minimum absolute atomic E-state index is 0.000344. The van der Waals surface area contributed by atoms with Gasteiger partial charge in [0.05, 0.1) is 12.6 Å². The van der Waals surface area contributed by atoms with Crippen LogP contribution >= 0.6 is 0 Å². The van der Waals surface area contributed by atoms with Gasteiger partial charge in [-0.05, 0) is 24.5 Å². The number of aliphatic hydroxyl groups excluding tert-OH is 1. The molecule has 3 rings (SSSR count). The van der Waals surface area contributed by atoms with Crippen molar-refractivity contribution in [3.63, 3.8) is 0 Å². The number of carbonyl (C=O) groups is 1. The molecular formula is C19H21NO3. The number of rotatable bonds is 5. The Kier molecular flexibility index (Phi) is 4.93. The number of aliphatic hydroxyl groups is 1. The fourth-order valence-corrected chi connectivity index (χ4v) is 3.02. The molecule has 4 nitrogen and oxygen atoms in total. The molecule has 0 aliphatic carbocycles. The van der Waals surface area contributed by atoms with Crippen LogP contribution in [0.3, 0.4) is 0 Å². The molecule has 1 atom stereocenters. The Morgan fingerprint density at radius 3 is 2.65 bits per heavy atom. The van der Waals surface area contributed by atoms with Gasteiger partial charge in [-0.15, -0.1) is 0 Å². The summed E-state index contributed by atoms with van der Waals surface area (Å²) in [6, 6.07) is 17.6. The van der Waals surface area contributed by atoms with Crippen molar-refractivity contribution in [1.82, 2.24) is 4.90 Å². The van der Waals surface area contributed by atoms with Crippen molar-refractivity contribution >= 4 is 5.91 Å².